The summed E-state index contributed by atoms with van der Waals surface area (Å²) in [5.74, 6) is -0.162. The van der Waals surface area contributed by atoms with Crippen LogP contribution in [0.2, 0.25) is 0 Å². The highest BCUT2D eigenvalue weighted by atomic mass is 16.7. The van der Waals surface area contributed by atoms with Gasteiger partial charge in [0.15, 0.2) is 35.5 Å². The van der Waals surface area contributed by atoms with E-state index in [9.17, 15) is 24.6 Å². The first-order valence-electron chi connectivity index (χ1n) is 16.3. The monoisotopic (exact) mass is 652 g/mol. The number of aliphatic hydroxyl groups excluding tert-OH is 3. The third-order valence-electron chi connectivity index (χ3n) is 10.8. The number of Topliss-reactive ketones (excluding diaryl/α,β-unsaturated/α-hetero) is 2. The molecular formula is C36H60O10. The Labute approximate surface area is 275 Å². The summed E-state index contributed by atoms with van der Waals surface area (Å²) in [6.45, 7) is 10.4. The highest BCUT2D eigenvalue weighted by Crippen LogP contribution is 2.69. The van der Waals surface area contributed by atoms with Gasteiger partial charge in [-0.25, -0.2) is 0 Å². The van der Waals surface area contributed by atoms with E-state index in [0.717, 1.165) is 50.9 Å². The Bertz CT molecular complexity index is 1110. The molecule has 2 saturated heterocycles. The molecule has 0 amide bonds. The summed E-state index contributed by atoms with van der Waals surface area (Å²) in [5, 5.41) is 29.2. The largest absolute Gasteiger partial charge is 0.393 e. The SMILES string of the molecule is C.C.CC(=O)CO.CCCC1OCCO1.CCCC1O[C@@H]2C[C@H]3[C@@H]4CCC5=CC(=O)C=C[C@]5(C)[C@H]4[C@@H](O)C[C@]3(C)[C@]2(C(=O)CO)O1. The van der Waals surface area contributed by atoms with Gasteiger partial charge in [-0.05, 0) is 69.4 Å². The Balaban J connectivity index is 0.000000414. The van der Waals surface area contributed by atoms with Gasteiger partial charge in [0.1, 0.15) is 13.2 Å². The number of ether oxygens (including phenoxy) is 4. The van der Waals surface area contributed by atoms with Crippen molar-refractivity contribution >= 4 is 17.3 Å². The topological polar surface area (TPSA) is 149 Å². The minimum absolute atomic E-state index is 0. The van der Waals surface area contributed by atoms with E-state index in [2.05, 4.69) is 27.7 Å². The summed E-state index contributed by atoms with van der Waals surface area (Å²) in [5.41, 5.74) is -1.05. The molecule has 3 N–H and O–H groups in total. The number of fused-ring (bicyclic) bond motifs is 7. The van der Waals surface area contributed by atoms with E-state index in [0.29, 0.717) is 19.3 Å². The second kappa shape index (κ2) is 16.5. The highest BCUT2D eigenvalue weighted by molar-refractivity contribution is 6.01. The number of ketones is 3. The average Bonchev–Trinajstić information content (AvgIpc) is 3.69. The zero-order valence-corrected chi connectivity index (χ0v) is 27.0. The van der Waals surface area contributed by atoms with Gasteiger partial charge in [0.25, 0.3) is 0 Å². The van der Waals surface area contributed by atoms with Gasteiger partial charge in [0, 0.05) is 16.7 Å². The first-order chi connectivity index (χ1) is 20.9. The number of hydrogen-bond acceptors (Lipinski definition) is 10. The van der Waals surface area contributed by atoms with E-state index >= 15 is 0 Å². The fraction of sp³-hybridized carbons (Fsp3) is 0.806. The third kappa shape index (κ3) is 7.28. The van der Waals surface area contributed by atoms with Crippen LogP contribution in [0.15, 0.2) is 23.8 Å². The molecule has 0 aromatic carbocycles. The zero-order chi connectivity index (χ0) is 32.3. The van der Waals surface area contributed by atoms with Crippen molar-refractivity contribution in [2.45, 2.75) is 131 Å². The number of carbonyl (C=O) groups is 3. The molecule has 6 rings (SSSR count). The van der Waals surface area contributed by atoms with Crippen LogP contribution in [0.1, 0.15) is 101 Å². The second-order valence-electron chi connectivity index (χ2n) is 13.5. The van der Waals surface area contributed by atoms with Crippen molar-refractivity contribution in [2.24, 2.45) is 28.6 Å². The lowest BCUT2D eigenvalue weighted by Crippen LogP contribution is -2.63. The number of rotatable bonds is 7. The van der Waals surface area contributed by atoms with Crippen LogP contribution in [-0.4, -0.2) is 89.5 Å². The maximum absolute atomic E-state index is 13.2. The maximum Gasteiger partial charge on any atom is 0.193 e. The van der Waals surface area contributed by atoms with Crippen LogP contribution in [-0.2, 0) is 33.3 Å². The average molecular weight is 653 g/mol. The molecule has 4 aliphatic carbocycles. The Kier molecular flexibility index (Phi) is 14.5. The summed E-state index contributed by atoms with van der Waals surface area (Å²) in [6.07, 6.45) is 10.6. The minimum atomic E-state index is -1.20. The molecule has 46 heavy (non-hydrogen) atoms. The van der Waals surface area contributed by atoms with Gasteiger partial charge < -0.3 is 34.3 Å². The third-order valence-corrected chi connectivity index (χ3v) is 10.8. The van der Waals surface area contributed by atoms with Crippen LogP contribution in [0.4, 0.5) is 0 Å². The van der Waals surface area contributed by atoms with Gasteiger partial charge in [0.2, 0.25) is 0 Å². The van der Waals surface area contributed by atoms with Crippen molar-refractivity contribution in [3.05, 3.63) is 23.8 Å². The lowest BCUT2D eigenvalue weighted by Gasteiger charge is -2.59. The van der Waals surface area contributed by atoms with E-state index in [1.165, 1.54) is 6.92 Å². The molecule has 0 radical (unpaired) electrons. The van der Waals surface area contributed by atoms with Gasteiger partial charge >= 0.3 is 0 Å². The van der Waals surface area contributed by atoms with Gasteiger partial charge in [0.05, 0.1) is 25.4 Å². The van der Waals surface area contributed by atoms with Crippen LogP contribution in [0.25, 0.3) is 0 Å². The van der Waals surface area contributed by atoms with Crippen LogP contribution in [0, 0.1) is 28.6 Å². The first kappa shape index (κ1) is 40.4. The summed E-state index contributed by atoms with van der Waals surface area (Å²) >= 11 is 0. The number of hydrogen-bond donors (Lipinski definition) is 3. The van der Waals surface area contributed by atoms with Crippen LogP contribution in [0.3, 0.4) is 0 Å². The minimum Gasteiger partial charge on any atom is -0.393 e. The van der Waals surface area contributed by atoms with Crippen molar-refractivity contribution in [3.63, 3.8) is 0 Å². The number of aliphatic hydroxyl groups is 3. The van der Waals surface area contributed by atoms with Crippen LogP contribution in [0.5, 0.6) is 0 Å². The molecule has 264 valence electrons. The predicted molar refractivity (Wildman–Crippen MR) is 175 cm³/mol. The van der Waals surface area contributed by atoms with Crippen molar-refractivity contribution in [1.82, 2.24) is 0 Å². The van der Waals surface area contributed by atoms with Crippen molar-refractivity contribution < 1.29 is 48.7 Å². The van der Waals surface area contributed by atoms with E-state index in [4.69, 9.17) is 24.1 Å². The van der Waals surface area contributed by atoms with Crippen LogP contribution >= 0.6 is 0 Å². The fourth-order valence-corrected chi connectivity index (χ4v) is 8.93. The molecule has 10 nitrogen and oxygen atoms in total. The summed E-state index contributed by atoms with van der Waals surface area (Å²) in [6, 6.07) is 0. The number of allylic oxidation sites excluding steroid dienone is 4. The molecular weight excluding hydrogens is 592 g/mol. The molecule has 6 aliphatic rings. The quantitative estimate of drug-likeness (QED) is 0.353. The smallest absolute Gasteiger partial charge is 0.193 e. The lowest BCUT2D eigenvalue weighted by atomic mass is 9.46. The molecule has 9 atom stereocenters. The van der Waals surface area contributed by atoms with E-state index in [1.807, 2.05) is 6.08 Å². The van der Waals surface area contributed by atoms with Gasteiger partial charge in [-0.3, -0.25) is 14.4 Å². The Morgan fingerprint density at radius 1 is 1.00 bits per heavy atom. The standard InChI is InChI=1S/C25H34O6.C6H12O2.C3H6O2.2CH4/c1-4-5-21-30-20-11-17-16-7-6-14-10-15(27)8-9-23(14,2)22(16)18(28)12-24(17,3)25(20,31-21)19(29)13-26;1-2-3-6-7-4-5-8-6;1-3(5)2-4;;/h8-10,16-18,20-22,26,28H,4-7,11-13H2,1-3H3;6H,2-5H2,1H3;4H,2H2,1H3;2*1H4/t16-,17-,18-,20+,21?,22+,23-,24-,25+;;;;/m0..../s1. The predicted octanol–water partition coefficient (Wildman–Crippen LogP) is 4.72. The summed E-state index contributed by atoms with van der Waals surface area (Å²) in [4.78, 5) is 34.8. The Morgan fingerprint density at radius 2 is 1.61 bits per heavy atom. The highest BCUT2D eigenvalue weighted by Gasteiger charge is 2.75. The fourth-order valence-electron chi connectivity index (χ4n) is 8.93. The second-order valence-corrected chi connectivity index (χ2v) is 13.5. The molecule has 3 saturated carbocycles. The number of carbonyl (C=O) groups excluding carboxylic acids is 3. The summed E-state index contributed by atoms with van der Waals surface area (Å²) < 4.78 is 23.0. The molecule has 0 spiro atoms. The Morgan fingerprint density at radius 3 is 2.17 bits per heavy atom. The molecule has 0 aromatic rings. The molecule has 0 bridgehead atoms. The van der Waals surface area contributed by atoms with Gasteiger partial charge in [-0.1, -0.05) is 67.0 Å². The molecule has 2 aliphatic heterocycles. The normalized spacial score (nSPS) is 38.6. The van der Waals surface area contributed by atoms with Crippen LogP contribution < -0.4 is 0 Å². The first-order valence-corrected chi connectivity index (χ1v) is 16.3. The summed E-state index contributed by atoms with van der Waals surface area (Å²) in [7, 11) is 0. The molecule has 2 heterocycles. The molecule has 1 unspecified atom stereocenters. The van der Waals surface area contributed by atoms with Gasteiger partial charge in [-0.15, -0.1) is 0 Å². The van der Waals surface area contributed by atoms with E-state index < -0.39 is 36.1 Å². The van der Waals surface area contributed by atoms with Gasteiger partial charge in [-0.2, -0.15) is 0 Å². The zero-order valence-electron chi connectivity index (χ0n) is 27.0. The maximum atomic E-state index is 13.2. The molecule has 5 fully saturated rings. The van der Waals surface area contributed by atoms with Crippen molar-refractivity contribution in [1.29, 1.82) is 0 Å². The molecule has 0 aromatic heterocycles. The van der Waals surface area contributed by atoms with Crippen molar-refractivity contribution in [3.8, 4) is 0 Å². The molecule has 10 heteroatoms. The Hall–Kier alpha value is -1.79. The lowest BCUT2D eigenvalue weighted by molar-refractivity contribution is -0.200. The van der Waals surface area contributed by atoms with E-state index in [-0.39, 0.29) is 68.3 Å². The van der Waals surface area contributed by atoms with E-state index in [1.54, 1.807) is 12.2 Å². The van der Waals surface area contributed by atoms with Crippen molar-refractivity contribution in [2.75, 3.05) is 26.4 Å².